The first kappa shape index (κ1) is 19.4. The van der Waals surface area contributed by atoms with Crippen LogP contribution < -0.4 is 10.1 Å². The van der Waals surface area contributed by atoms with Gasteiger partial charge in [0.15, 0.2) is 0 Å². The normalized spacial score (nSPS) is 20.3. The number of rotatable bonds is 5. The van der Waals surface area contributed by atoms with Crippen LogP contribution in [-0.2, 0) is 14.3 Å². The minimum atomic E-state index is -0.420. The lowest BCUT2D eigenvalue weighted by molar-refractivity contribution is -0.142. The fraction of sp³-hybridized carbons (Fsp3) is 0.550. The molecule has 2 heterocycles. The Morgan fingerprint density at radius 2 is 2.00 bits per heavy atom. The van der Waals surface area contributed by atoms with Crippen molar-refractivity contribution in [1.82, 2.24) is 10.2 Å². The van der Waals surface area contributed by atoms with Crippen molar-refractivity contribution in [1.29, 1.82) is 0 Å². The lowest BCUT2D eigenvalue weighted by Gasteiger charge is -2.33. The van der Waals surface area contributed by atoms with Crippen molar-refractivity contribution >= 4 is 17.8 Å². The number of piperidine rings is 1. The molecule has 27 heavy (non-hydrogen) atoms. The molecule has 1 aromatic rings. The molecule has 0 aliphatic carbocycles. The Morgan fingerprint density at radius 3 is 2.67 bits per heavy atom. The number of likely N-dealkylation sites (tertiary alicyclic amines) is 1. The van der Waals surface area contributed by atoms with Crippen molar-refractivity contribution in [2.24, 2.45) is 5.92 Å². The summed E-state index contributed by atoms with van der Waals surface area (Å²) in [6, 6.07) is 6.56. The summed E-state index contributed by atoms with van der Waals surface area (Å²) < 4.78 is 10.5. The molecule has 0 bridgehead atoms. The van der Waals surface area contributed by atoms with Gasteiger partial charge in [-0.3, -0.25) is 14.4 Å². The molecule has 3 rings (SSSR count). The van der Waals surface area contributed by atoms with E-state index in [9.17, 15) is 14.4 Å². The molecule has 0 aromatic heterocycles. The van der Waals surface area contributed by atoms with Gasteiger partial charge in [0, 0.05) is 38.7 Å². The average Bonchev–Trinajstić information content (AvgIpc) is 3.20. The van der Waals surface area contributed by atoms with E-state index in [0.29, 0.717) is 43.5 Å². The van der Waals surface area contributed by atoms with Crippen molar-refractivity contribution in [2.75, 3.05) is 26.2 Å². The summed E-state index contributed by atoms with van der Waals surface area (Å²) in [6.45, 7) is 3.99. The molecule has 1 atom stereocenters. The quantitative estimate of drug-likeness (QED) is 0.627. The van der Waals surface area contributed by atoms with Crippen LogP contribution in [0.15, 0.2) is 24.3 Å². The van der Waals surface area contributed by atoms with Crippen molar-refractivity contribution in [3.8, 4) is 5.75 Å². The molecular formula is C20H26N2O5. The molecular weight excluding hydrogens is 348 g/mol. The van der Waals surface area contributed by atoms with E-state index in [-0.39, 0.29) is 17.9 Å². The number of ether oxygens (including phenoxy) is 2. The van der Waals surface area contributed by atoms with E-state index in [4.69, 9.17) is 9.47 Å². The van der Waals surface area contributed by atoms with E-state index in [0.717, 1.165) is 25.7 Å². The zero-order chi connectivity index (χ0) is 19.2. The van der Waals surface area contributed by atoms with Gasteiger partial charge >= 0.3 is 5.97 Å². The van der Waals surface area contributed by atoms with Gasteiger partial charge < -0.3 is 19.7 Å². The Morgan fingerprint density at radius 1 is 1.22 bits per heavy atom. The molecule has 7 heteroatoms. The maximum atomic E-state index is 12.4. The highest BCUT2D eigenvalue weighted by Gasteiger charge is 2.30. The van der Waals surface area contributed by atoms with E-state index in [1.807, 2.05) is 4.90 Å². The third kappa shape index (κ3) is 5.29. The van der Waals surface area contributed by atoms with E-state index in [2.05, 4.69) is 5.32 Å². The molecule has 2 saturated heterocycles. The van der Waals surface area contributed by atoms with Crippen LogP contribution >= 0.6 is 0 Å². The van der Waals surface area contributed by atoms with Crippen LogP contribution in [0, 0.1) is 5.92 Å². The van der Waals surface area contributed by atoms with E-state index < -0.39 is 5.97 Å². The molecule has 1 N–H and O–H groups in total. The van der Waals surface area contributed by atoms with Crippen LogP contribution in [0.1, 0.15) is 43.0 Å². The number of nitrogens with zero attached hydrogens (tertiary/aromatic N) is 1. The van der Waals surface area contributed by atoms with Crippen molar-refractivity contribution in [3.05, 3.63) is 29.8 Å². The molecule has 2 amide bonds. The Bertz CT molecular complexity index is 691. The number of benzene rings is 1. The highest BCUT2D eigenvalue weighted by Crippen LogP contribution is 2.21. The van der Waals surface area contributed by atoms with E-state index in [1.54, 1.807) is 24.3 Å². The number of hydrogen-bond donors (Lipinski definition) is 1. The zero-order valence-corrected chi connectivity index (χ0v) is 15.6. The molecule has 146 valence electrons. The Labute approximate surface area is 159 Å². The van der Waals surface area contributed by atoms with Gasteiger partial charge in [-0.15, -0.1) is 0 Å². The number of nitrogens with one attached hydrogen (secondary N) is 1. The summed E-state index contributed by atoms with van der Waals surface area (Å²) in [5.74, 6) is 0.200. The smallest absolute Gasteiger partial charge is 0.308 e. The number of hydrogen-bond acceptors (Lipinski definition) is 5. The molecule has 0 radical (unpaired) electrons. The largest absolute Gasteiger partial charge is 0.427 e. The van der Waals surface area contributed by atoms with Gasteiger partial charge in [-0.25, -0.2) is 0 Å². The number of carbonyl (C=O) groups excluding carboxylic acids is 3. The summed E-state index contributed by atoms with van der Waals surface area (Å²) in [6.07, 6.45) is 3.25. The first-order valence-electron chi connectivity index (χ1n) is 9.50. The van der Waals surface area contributed by atoms with Crippen LogP contribution in [-0.4, -0.2) is 55.0 Å². The van der Waals surface area contributed by atoms with Gasteiger partial charge in [0.1, 0.15) is 11.9 Å². The maximum absolute atomic E-state index is 12.4. The van der Waals surface area contributed by atoms with E-state index >= 15 is 0 Å². The Hall–Kier alpha value is -2.41. The summed E-state index contributed by atoms with van der Waals surface area (Å²) in [7, 11) is 0. The van der Waals surface area contributed by atoms with Crippen LogP contribution in [0.3, 0.4) is 0 Å². The van der Waals surface area contributed by atoms with Gasteiger partial charge in [-0.05, 0) is 49.8 Å². The number of carbonyl (C=O) groups is 3. The average molecular weight is 374 g/mol. The summed E-state index contributed by atoms with van der Waals surface area (Å²) in [5, 5.41) is 2.94. The molecule has 2 aliphatic rings. The highest BCUT2D eigenvalue weighted by molar-refractivity contribution is 5.94. The zero-order valence-electron chi connectivity index (χ0n) is 15.6. The second-order valence-electron chi connectivity index (χ2n) is 7.10. The van der Waals surface area contributed by atoms with Crippen LogP contribution in [0.5, 0.6) is 5.75 Å². The minimum Gasteiger partial charge on any atom is -0.427 e. The molecule has 7 nitrogen and oxygen atoms in total. The molecule has 0 saturated carbocycles. The molecule has 2 fully saturated rings. The highest BCUT2D eigenvalue weighted by atomic mass is 16.5. The minimum absolute atomic E-state index is 0.109. The molecule has 1 unspecified atom stereocenters. The second kappa shape index (κ2) is 8.99. The van der Waals surface area contributed by atoms with Crippen LogP contribution in [0.4, 0.5) is 0 Å². The van der Waals surface area contributed by atoms with E-state index in [1.165, 1.54) is 6.92 Å². The second-order valence-corrected chi connectivity index (χ2v) is 7.10. The van der Waals surface area contributed by atoms with Gasteiger partial charge in [-0.1, -0.05) is 6.07 Å². The number of esters is 1. The Kier molecular flexibility index (Phi) is 6.45. The summed E-state index contributed by atoms with van der Waals surface area (Å²) in [5.41, 5.74) is 0.458. The standard InChI is InChI=1S/C20H26N2O5/c1-14(23)27-17-5-2-4-16(12-17)19(24)21-13-15-7-9-22(10-8-15)20(25)18-6-3-11-26-18/h2,4-5,12,15,18H,3,6-11,13H2,1H3,(H,21,24). The van der Waals surface area contributed by atoms with Crippen molar-refractivity contribution in [2.45, 2.75) is 38.7 Å². The third-order valence-corrected chi connectivity index (χ3v) is 5.04. The molecule has 2 aliphatic heterocycles. The van der Waals surface area contributed by atoms with Crippen molar-refractivity contribution < 1.29 is 23.9 Å². The fourth-order valence-corrected chi connectivity index (χ4v) is 3.54. The number of amides is 2. The fourth-order valence-electron chi connectivity index (χ4n) is 3.54. The lowest BCUT2D eigenvalue weighted by Crippen LogP contribution is -2.45. The third-order valence-electron chi connectivity index (χ3n) is 5.04. The maximum Gasteiger partial charge on any atom is 0.308 e. The van der Waals surface area contributed by atoms with Gasteiger partial charge in [0.2, 0.25) is 0 Å². The Balaban J connectivity index is 1.44. The summed E-state index contributed by atoms with van der Waals surface area (Å²) in [4.78, 5) is 37.6. The van der Waals surface area contributed by atoms with Crippen LogP contribution in [0.25, 0.3) is 0 Å². The SMILES string of the molecule is CC(=O)Oc1cccc(C(=O)NCC2CCN(C(=O)C3CCCO3)CC2)c1. The van der Waals surface area contributed by atoms with Crippen LogP contribution in [0.2, 0.25) is 0 Å². The van der Waals surface area contributed by atoms with Gasteiger partial charge in [-0.2, -0.15) is 0 Å². The lowest BCUT2D eigenvalue weighted by atomic mass is 9.96. The predicted molar refractivity (Wildman–Crippen MR) is 98.4 cm³/mol. The molecule has 1 aromatic carbocycles. The molecule has 0 spiro atoms. The monoisotopic (exact) mass is 374 g/mol. The first-order chi connectivity index (χ1) is 13.0. The van der Waals surface area contributed by atoms with Gasteiger partial charge in [0.25, 0.3) is 11.8 Å². The van der Waals surface area contributed by atoms with Gasteiger partial charge in [0.05, 0.1) is 0 Å². The predicted octanol–water partition coefficient (Wildman–Crippen LogP) is 1.76. The summed E-state index contributed by atoms with van der Waals surface area (Å²) >= 11 is 0. The first-order valence-corrected chi connectivity index (χ1v) is 9.50. The van der Waals surface area contributed by atoms with Crippen molar-refractivity contribution in [3.63, 3.8) is 0 Å². The topological polar surface area (TPSA) is 84.9 Å².